The Morgan fingerprint density at radius 1 is 1.14 bits per heavy atom. The summed E-state index contributed by atoms with van der Waals surface area (Å²) < 4.78 is 10.1. The molecule has 0 unspecified atom stereocenters. The van der Waals surface area contributed by atoms with Gasteiger partial charge in [0.15, 0.2) is 11.5 Å². The van der Waals surface area contributed by atoms with E-state index in [0.29, 0.717) is 12.3 Å². The second-order valence-electron chi connectivity index (χ2n) is 4.42. The van der Waals surface area contributed by atoms with Gasteiger partial charge < -0.3 is 19.9 Å². The molecule has 0 aliphatic carbocycles. The standard InChI is InChI=1S/C16H17NO4/c1-20-15-9-13(7-8-14(15)18)10-17-16(19)21-11-12-5-3-2-4-6-12/h2-9,18H,10-11H2,1H3,(H,17,19). The van der Waals surface area contributed by atoms with Crippen LogP contribution in [0.5, 0.6) is 11.5 Å². The predicted octanol–water partition coefficient (Wildman–Crippen LogP) is 2.83. The predicted molar refractivity (Wildman–Crippen MR) is 78.1 cm³/mol. The van der Waals surface area contributed by atoms with Gasteiger partial charge in [0.25, 0.3) is 0 Å². The summed E-state index contributed by atoms with van der Waals surface area (Å²) >= 11 is 0. The van der Waals surface area contributed by atoms with Crippen molar-refractivity contribution in [2.45, 2.75) is 13.2 Å². The molecule has 1 amide bonds. The minimum Gasteiger partial charge on any atom is -0.504 e. The molecule has 2 N–H and O–H groups in total. The molecular weight excluding hydrogens is 270 g/mol. The van der Waals surface area contributed by atoms with Crippen LogP contribution in [-0.2, 0) is 17.9 Å². The summed E-state index contributed by atoms with van der Waals surface area (Å²) in [5.74, 6) is 0.430. The lowest BCUT2D eigenvalue weighted by Gasteiger charge is -2.09. The fraction of sp³-hybridized carbons (Fsp3) is 0.188. The summed E-state index contributed by atoms with van der Waals surface area (Å²) in [5.41, 5.74) is 1.74. The minimum absolute atomic E-state index is 0.0629. The van der Waals surface area contributed by atoms with E-state index < -0.39 is 6.09 Å². The first-order valence-corrected chi connectivity index (χ1v) is 6.49. The molecule has 0 aromatic heterocycles. The van der Waals surface area contributed by atoms with Gasteiger partial charge >= 0.3 is 6.09 Å². The van der Waals surface area contributed by atoms with Crippen molar-refractivity contribution >= 4 is 6.09 Å². The molecule has 21 heavy (non-hydrogen) atoms. The van der Waals surface area contributed by atoms with Crippen molar-refractivity contribution < 1.29 is 19.4 Å². The average Bonchev–Trinajstić information content (AvgIpc) is 2.53. The number of benzene rings is 2. The van der Waals surface area contributed by atoms with Crippen LogP contribution in [0.1, 0.15) is 11.1 Å². The first-order chi connectivity index (χ1) is 10.2. The third kappa shape index (κ3) is 4.42. The SMILES string of the molecule is COc1cc(CNC(=O)OCc2ccccc2)ccc1O. The van der Waals surface area contributed by atoms with Crippen LogP contribution in [0.4, 0.5) is 4.79 Å². The normalized spacial score (nSPS) is 9.95. The summed E-state index contributed by atoms with van der Waals surface area (Å²) in [4.78, 5) is 11.6. The Hall–Kier alpha value is -2.69. The number of carbonyl (C=O) groups is 1. The Morgan fingerprint density at radius 2 is 1.90 bits per heavy atom. The highest BCUT2D eigenvalue weighted by Gasteiger charge is 2.05. The second kappa shape index (κ2) is 7.19. The monoisotopic (exact) mass is 287 g/mol. The number of aromatic hydroxyl groups is 1. The molecule has 2 rings (SSSR count). The number of rotatable bonds is 5. The smallest absolute Gasteiger partial charge is 0.407 e. The number of carbonyl (C=O) groups excluding carboxylic acids is 1. The zero-order valence-electron chi connectivity index (χ0n) is 11.7. The Kier molecular flexibility index (Phi) is 5.04. The van der Waals surface area contributed by atoms with Crippen LogP contribution in [0.2, 0.25) is 0 Å². The van der Waals surface area contributed by atoms with E-state index in [1.165, 1.54) is 13.2 Å². The summed E-state index contributed by atoms with van der Waals surface area (Å²) in [6, 6.07) is 14.3. The molecule has 5 nitrogen and oxygen atoms in total. The van der Waals surface area contributed by atoms with Crippen LogP contribution in [0, 0.1) is 0 Å². The first-order valence-electron chi connectivity index (χ1n) is 6.49. The number of nitrogens with one attached hydrogen (secondary N) is 1. The molecule has 0 saturated carbocycles. The first kappa shape index (κ1) is 14.7. The van der Waals surface area contributed by atoms with E-state index in [-0.39, 0.29) is 12.4 Å². The quantitative estimate of drug-likeness (QED) is 0.887. The summed E-state index contributed by atoms with van der Waals surface area (Å²) in [6.45, 7) is 0.524. The average molecular weight is 287 g/mol. The highest BCUT2D eigenvalue weighted by molar-refractivity contribution is 5.67. The lowest BCUT2D eigenvalue weighted by Crippen LogP contribution is -2.23. The van der Waals surface area contributed by atoms with Gasteiger partial charge in [-0.25, -0.2) is 4.79 Å². The molecule has 0 bridgehead atoms. The van der Waals surface area contributed by atoms with Crippen LogP contribution < -0.4 is 10.1 Å². The third-order valence-corrected chi connectivity index (χ3v) is 2.89. The molecule has 0 aliphatic rings. The van der Waals surface area contributed by atoms with Crippen molar-refractivity contribution in [1.29, 1.82) is 0 Å². The van der Waals surface area contributed by atoms with E-state index in [1.54, 1.807) is 12.1 Å². The molecule has 110 valence electrons. The van der Waals surface area contributed by atoms with E-state index >= 15 is 0 Å². The third-order valence-electron chi connectivity index (χ3n) is 2.89. The van der Waals surface area contributed by atoms with Crippen LogP contribution in [-0.4, -0.2) is 18.3 Å². The lowest BCUT2D eigenvalue weighted by atomic mass is 10.2. The molecule has 0 spiro atoms. The van der Waals surface area contributed by atoms with Gasteiger partial charge in [-0.05, 0) is 23.3 Å². The van der Waals surface area contributed by atoms with Gasteiger partial charge in [0, 0.05) is 6.54 Å². The number of hydrogen-bond acceptors (Lipinski definition) is 4. The number of amides is 1. The highest BCUT2D eigenvalue weighted by Crippen LogP contribution is 2.26. The lowest BCUT2D eigenvalue weighted by molar-refractivity contribution is 0.139. The van der Waals surface area contributed by atoms with E-state index in [2.05, 4.69) is 5.32 Å². The van der Waals surface area contributed by atoms with Gasteiger partial charge in [0.2, 0.25) is 0 Å². The Morgan fingerprint density at radius 3 is 2.62 bits per heavy atom. The Labute approximate surface area is 123 Å². The Balaban J connectivity index is 1.81. The molecule has 5 heteroatoms. The summed E-state index contributed by atoms with van der Waals surface area (Å²) in [7, 11) is 1.47. The Bertz CT molecular complexity index is 598. The molecule has 0 atom stereocenters. The van der Waals surface area contributed by atoms with Crippen molar-refractivity contribution in [3.8, 4) is 11.5 Å². The topological polar surface area (TPSA) is 67.8 Å². The number of phenols is 1. The van der Waals surface area contributed by atoms with Gasteiger partial charge in [-0.1, -0.05) is 36.4 Å². The van der Waals surface area contributed by atoms with Gasteiger partial charge in [-0.15, -0.1) is 0 Å². The van der Waals surface area contributed by atoms with E-state index in [9.17, 15) is 9.90 Å². The second-order valence-corrected chi connectivity index (χ2v) is 4.42. The summed E-state index contributed by atoms with van der Waals surface area (Å²) in [6.07, 6.45) is -0.495. The number of alkyl carbamates (subject to hydrolysis) is 1. The van der Waals surface area contributed by atoms with Crippen molar-refractivity contribution in [1.82, 2.24) is 5.32 Å². The van der Waals surface area contributed by atoms with Crippen molar-refractivity contribution in [2.75, 3.05) is 7.11 Å². The van der Waals surface area contributed by atoms with E-state index in [1.807, 2.05) is 30.3 Å². The van der Waals surface area contributed by atoms with Gasteiger partial charge in [-0.2, -0.15) is 0 Å². The number of phenolic OH excluding ortho intramolecular Hbond substituents is 1. The van der Waals surface area contributed by atoms with Crippen molar-refractivity contribution in [2.24, 2.45) is 0 Å². The molecular formula is C16H17NO4. The van der Waals surface area contributed by atoms with Crippen LogP contribution >= 0.6 is 0 Å². The minimum atomic E-state index is -0.495. The molecule has 0 radical (unpaired) electrons. The maximum absolute atomic E-state index is 11.6. The molecule has 0 aliphatic heterocycles. The fourth-order valence-corrected chi connectivity index (χ4v) is 1.78. The maximum Gasteiger partial charge on any atom is 0.407 e. The summed E-state index contributed by atoms with van der Waals surface area (Å²) in [5, 5.41) is 12.1. The van der Waals surface area contributed by atoms with E-state index in [0.717, 1.165) is 11.1 Å². The molecule has 0 heterocycles. The number of hydrogen-bond donors (Lipinski definition) is 2. The van der Waals surface area contributed by atoms with Crippen LogP contribution in [0.15, 0.2) is 48.5 Å². The molecule has 0 saturated heterocycles. The van der Waals surface area contributed by atoms with Crippen LogP contribution in [0.3, 0.4) is 0 Å². The van der Waals surface area contributed by atoms with Crippen LogP contribution in [0.25, 0.3) is 0 Å². The molecule has 2 aromatic carbocycles. The largest absolute Gasteiger partial charge is 0.504 e. The number of methoxy groups -OCH3 is 1. The fourth-order valence-electron chi connectivity index (χ4n) is 1.78. The van der Waals surface area contributed by atoms with Crippen molar-refractivity contribution in [3.63, 3.8) is 0 Å². The van der Waals surface area contributed by atoms with Crippen molar-refractivity contribution in [3.05, 3.63) is 59.7 Å². The molecule has 2 aromatic rings. The van der Waals surface area contributed by atoms with Gasteiger partial charge in [-0.3, -0.25) is 0 Å². The number of ether oxygens (including phenoxy) is 2. The van der Waals surface area contributed by atoms with Gasteiger partial charge in [0.1, 0.15) is 6.61 Å². The zero-order valence-corrected chi connectivity index (χ0v) is 11.7. The zero-order chi connectivity index (χ0) is 15.1. The maximum atomic E-state index is 11.6. The van der Waals surface area contributed by atoms with Gasteiger partial charge in [0.05, 0.1) is 7.11 Å². The highest BCUT2D eigenvalue weighted by atomic mass is 16.5. The van der Waals surface area contributed by atoms with E-state index in [4.69, 9.17) is 9.47 Å². The molecule has 0 fully saturated rings.